The number of halogens is 2. The lowest BCUT2D eigenvalue weighted by atomic mass is 10.3. The molecular formula is C8H15Cl2NS. The Balaban J connectivity index is 3.63. The Kier molecular flexibility index (Phi) is 8.62. The first-order valence-electron chi connectivity index (χ1n) is 3.97. The summed E-state index contributed by atoms with van der Waals surface area (Å²) in [5.41, 5.74) is 0. The van der Waals surface area contributed by atoms with Gasteiger partial charge in [-0.15, -0.1) is 11.6 Å². The van der Waals surface area contributed by atoms with Crippen LogP contribution < -0.4 is 0 Å². The van der Waals surface area contributed by atoms with Gasteiger partial charge >= 0.3 is 0 Å². The second-order valence-corrected chi connectivity index (χ2v) is 4.37. The molecule has 0 saturated carbocycles. The molecule has 0 saturated heterocycles. The second kappa shape index (κ2) is 8.21. The maximum Gasteiger partial charge on any atom is 0.102 e. The van der Waals surface area contributed by atoms with E-state index in [1.165, 1.54) is 0 Å². The van der Waals surface area contributed by atoms with E-state index in [4.69, 9.17) is 23.2 Å². The first-order valence-corrected chi connectivity index (χ1v) is 6.28. The molecule has 0 heterocycles. The van der Waals surface area contributed by atoms with Crippen molar-refractivity contribution in [1.82, 2.24) is 0 Å². The van der Waals surface area contributed by atoms with E-state index >= 15 is 0 Å². The number of hydrogen-bond donors (Lipinski definition) is 0. The topological polar surface area (TPSA) is 12.4 Å². The Bertz CT molecular complexity index is 139. The van der Waals surface area contributed by atoms with Gasteiger partial charge < -0.3 is 0 Å². The minimum atomic E-state index is 0.327. The summed E-state index contributed by atoms with van der Waals surface area (Å²) in [7, 11) is 0. The molecule has 72 valence electrons. The molecule has 0 aliphatic rings. The summed E-state index contributed by atoms with van der Waals surface area (Å²) >= 11 is 13.2. The van der Waals surface area contributed by atoms with Gasteiger partial charge in [-0.2, -0.15) is 11.8 Å². The van der Waals surface area contributed by atoms with Gasteiger partial charge in [0.15, 0.2) is 0 Å². The fourth-order valence-corrected chi connectivity index (χ4v) is 1.85. The molecule has 4 heteroatoms. The van der Waals surface area contributed by atoms with Crippen LogP contribution in [-0.2, 0) is 0 Å². The van der Waals surface area contributed by atoms with Crippen LogP contribution in [0.4, 0.5) is 0 Å². The van der Waals surface area contributed by atoms with Crippen LogP contribution in [0.15, 0.2) is 4.99 Å². The lowest BCUT2D eigenvalue weighted by molar-refractivity contribution is 0.724. The van der Waals surface area contributed by atoms with Crippen LogP contribution in [0.25, 0.3) is 0 Å². The molecule has 0 radical (unpaired) electrons. The summed E-state index contributed by atoms with van der Waals surface area (Å²) in [6, 6.07) is 0.327. The van der Waals surface area contributed by atoms with Crippen LogP contribution in [0.1, 0.15) is 19.8 Å². The van der Waals surface area contributed by atoms with E-state index in [1.54, 1.807) is 0 Å². The van der Waals surface area contributed by atoms with E-state index in [0.29, 0.717) is 23.5 Å². The SMILES string of the molecule is CSCCC(C)N=C(Cl)CCCl. The first kappa shape index (κ1) is 12.6. The van der Waals surface area contributed by atoms with Crippen molar-refractivity contribution in [3.8, 4) is 0 Å². The van der Waals surface area contributed by atoms with Crippen LogP contribution in [-0.4, -0.2) is 29.1 Å². The third kappa shape index (κ3) is 7.26. The molecule has 0 aliphatic heterocycles. The van der Waals surface area contributed by atoms with Crippen molar-refractivity contribution < 1.29 is 0 Å². The third-order valence-electron chi connectivity index (χ3n) is 1.40. The van der Waals surface area contributed by atoms with E-state index in [0.717, 1.165) is 12.2 Å². The third-order valence-corrected chi connectivity index (χ3v) is 2.52. The van der Waals surface area contributed by atoms with Crippen LogP contribution in [0.5, 0.6) is 0 Å². The van der Waals surface area contributed by atoms with E-state index in [-0.39, 0.29) is 0 Å². The number of alkyl halides is 1. The van der Waals surface area contributed by atoms with Crippen LogP contribution >= 0.6 is 35.0 Å². The molecule has 0 spiro atoms. The standard InChI is InChI=1S/C8H15Cl2NS/c1-7(4-6-12-2)11-8(10)3-5-9/h7H,3-6H2,1-2H3. The predicted octanol–water partition coefficient (Wildman–Crippen LogP) is 3.39. The average Bonchev–Trinajstić information content (AvgIpc) is 2.01. The summed E-state index contributed by atoms with van der Waals surface area (Å²) < 4.78 is 0. The molecule has 0 bridgehead atoms. The molecule has 0 aromatic heterocycles. The Morgan fingerprint density at radius 3 is 2.75 bits per heavy atom. The summed E-state index contributed by atoms with van der Waals surface area (Å²) in [6.45, 7) is 2.08. The molecule has 1 nitrogen and oxygen atoms in total. The number of thioether (sulfide) groups is 1. The molecule has 0 aromatic rings. The lowest BCUT2D eigenvalue weighted by Gasteiger charge is -2.05. The number of nitrogens with zero attached hydrogens (tertiary/aromatic N) is 1. The zero-order chi connectivity index (χ0) is 9.40. The minimum absolute atomic E-state index is 0.327. The minimum Gasteiger partial charge on any atom is -0.274 e. The highest BCUT2D eigenvalue weighted by molar-refractivity contribution is 7.98. The van der Waals surface area contributed by atoms with Crippen molar-refractivity contribution >= 4 is 40.1 Å². The van der Waals surface area contributed by atoms with Gasteiger partial charge in [0.1, 0.15) is 5.17 Å². The highest BCUT2D eigenvalue weighted by Gasteiger charge is 2.00. The van der Waals surface area contributed by atoms with Crippen molar-refractivity contribution in [2.75, 3.05) is 17.9 Å². The molecule has 0 rings (SSSR count). The predicted molar refractivity (Wildman–Crippen MR) is 61.1 cm³/mol. The smallest absolute Gasteiger partial charge is 0.102 e. The van der Waals surface area contributed by atoms with Crippen LogP contribution in [0.3, 0.4) is 0 Å². The molecule has 12 heavy (non-hydrogen) atoms. The van der Waals surface area contributed by atoms with E-state index in [1.807, 2.05) is 11.8 Å². The van der Waals surface area contributed by atoms with Gasteiger partial charge in [0.2, 0.25) is 0 Å². The first-order chi connectivity index (χ1) is 5.70. The van der Waals surface area contributed by atoms with Crippen molar-refractivity contribution in [1.29, 1.82) is 0 Å². The van der Waals surface area contributed by atoms with E-state index in [9.17, 15) is 0 Å². The van der Waals surface area contributed by atoms with Crippen LogP contribution in [0.2, 0.25) is 0 Å². The Morgan fingerprint density at radius 1 is 1.58 bits per heavy atom. The van der Waals surface area contributed by atoms with Gasteiger partial charge in [0.05, 0.1) is 0 Å². The Labute approximate surface area is 88.9 Å². The quantitative estimate of drug-likeness (QED) is 0.501. The Morgan fingerprint density at radius 2 is 2.25 bits per heavy atom. The maximum atomic E-state index is 5.81. The molecule has 0 aliphatic carbocycles. The fourth-order valence-electron chi connectivity index (χ4n) is 0.735. The molecule has 0 amide bonds. The van der Waals surface area contributed by atoms with Crippen molar-refractivity contribution in [2.24, 2.45) is 4.99 Å². The molecule has 1 unspecified atom stereocenters. The summed E-state index contributed by atoms with van der Waals surface area (Å²) in [5, 5.41) is 0.651. The number of rotatable bonds is 6. The summed E-state index contributed by atoms with van der Waals surface area (Å²) in [5.74, 6) is 1.69. The van der Waals surface area contributed by atoms with Gasteiger partial charge in [-0.05, 0) is 25.4 Å². The van der Waals surface area contributed by atoms with Crippen molar-refractivity contribution in [3.63, 3.8) is 0 Å². The molecule has 0 aromatic carbocycles. The molecular weight excluding hydrogens is 213 g/mol. The molecule has 0 fully saturated rings. The van der Waals surface area contributed by atoms with Crippen molar-refractivity contribution in [2.45, 2.75) is 25.8 Å². The van der Waals surface area contributed by atoms with Gasteiger partial charge in [-0.25, -0.2) is 0 Å². The normalized spacial score (nSPS) is 14.8. The summed E-state index contributed by atoms with van der Waals surface area (Å²) in [6.07, 6.45) is 3.86. The zero-order valence-corrected chi connectivity index (χ0v) is 9.85. The van der Waals surface area contributed by atoms with Crippen LogP contribution in [0, 0.1) is 0 Å². The summed E-state index contributed by atoms with van der Waals surface area (Å²) in [4.78, 5) is 4.29. The van der Waals surface area contributed by atoms with Gasteiger partial charge in [-0.3, -0.25) is 4.99 Å². The van der Waals surface area contributed by atoms with E-state index in [2.05, 4.69) is 18.2 Å². The highest BCUT2D eigenvalue weighted by Crippen LogP contribution is 2.06. The molecule has 0 N–H and O–H groups in total. The van der Waals surface area contributed by atoms with Crippen molar-refractivity contribution in [3.05, 3.63) is 0 Å². The molecule has 1 atom stereocenters. The van der Waals surface area contributed by atoms with Gasteiger partial charge in [0.25, 0.3) is 0 Å². The fraction of sp³-hybridized carbons (Fsp3) is 0.875. The second-order valence-electron chi connectivity index (χ2n) is 2.57. The van der Waals surface area contributed by atoms with Gasteiger partial charge in [0, 0.05) is 18.3 Å². The number of hydrogen-bond acceptors (Lipinski definition) is 2. The average molecular weight is 228 g/mol. The largest absolute Gasteiger partial charge is 0.274 e. The van der Waals surface area contributed by atoms with Gasteiger partial charge in [-0.1, -0.05) is 11.6 Å². The Hall–Kier alpha value is 0.600. The zero-order valence-electron chi connectivity index (χ0n) is 7.52. The maximum absolute atomic E-state index is 5.81. The monoisotopic (exact) mass is 227 g/mol. The highest BCUT2D eigenvalue weighted by atomic mass is 35.5. The lowest BCUT2D eigenvalue weighted by Crippen LogP contribution is -2.03. The van der Waals surface area contributed by atoms with E-state index < -0.39 is 0 Å². The number of aliphatic imine (C=N–C) groups is 1.